The van der Waals surface area contributed by atoms with E-state index in [9.17, 15) is 9.59 Å². The molecule has 0 bridgehead atoms. The molecule has 2 rings (SSSR count). The summed E-state index contributed by atoms with van der Waals surface area (Å²) in [5.41, 5.74) is 7.67. The molecule has 3 amide bonds. The van der Waals surface area contributed by atoms with Crippen LogP contribution in [0, 0.1) is 6.92 Å². The summed E-state index contributed by atoms with van der Waals surface area (Å²) in [4.78, 5) is 23.5. The first-order chi connectivity index (χ1) is 11.3. The van der Waals surface area contributed by atoms with Crippen molar-refractivity contribution in [2.75, 3.05) is 12.4 Å². The van der Waals surface area contributed by atoms with Gasteiger partial charge < -0.3 is 21.1 Å². The summed E-state index contributed by atoms with van der Waals surface area (Å²) < 4.78 is 6.88. The Morgan fingerprint density at radius 3 is 2.62 bits per heavy atom. The normalized spacial score (nSPS) is 11.7. The second kappa shape index (κ2) is 7.03. The van der Waals surface area contributed by atoms with E-state index in [1.165, 1.54) is 19.2 Å². The molecule has 128 valence electrons. The summed E-state index contributed by atoms with van der Waals surface area (Å²) in [6.45, 7) is 3.74. The minimum atomic E-state index is -0.583. The first-order valence-electron chi connectivity index (χ1n) is 7.37. The third kappa shape index (κ3) is 3.83. The highest BCUT2D eigenvalue weighted by atomic mass is 16.5. The summed E-state index contributed by atoms with van der Waals surface area (Å²) in [6.07, 6.45) is 1.86. The van der Waals surface area contributed by atoms with Gasteiger partial charge in [0.15, 0.2) is 0 Å². The smallest absolute Gasteiger partial charge is 0.319 e. The quantitative estimate of drug-likeness (QED) is 0.774. The van der Waals surface area contributed by atoms with E-state index in [-0.39, 0.29) is 11.6 Å². The molecule has 1 aromatic heterocycles. The van der Waals surface area contributed by atoms with E-state index in [4.69, 9.17) is 10.5 Å². The zero-order valence-corrected chi connectivity index (χ0v) is 14.1. The molecule has 1 heterocycles. The lowest BCUT2D eigenvalue weighted by Gasteiger charge is -2.16. The van der Waals surface area contributed by atoms with Gasteiger partial charge in [0.1, 0.15) is 5.75 Å². The predicted octanol–water partition coefficient (Wildman–Crippen LogP) is 1.72. The van der Waals surface area contributed by atoms with Gasteiger partial charge in [-0.2, -0.15) is 5.10 Å². The highest BCUT2D eigenvalue weighted by Gasteiger charge is 2.16. The molecular formula is C16H21N5O3. The number of ether oxygens (including phenoxy) is 1. The molecule has 8 heteroatoms. The molecule has 8 nitrogen and oxygen atoms in total. The molecule has 0 spiro atoms. The molecule has 0 aliphatic carbocycles. The molecule has 1 atom stereocenters. The number of anilines is 1. The maximum absolute atomic E-state index is 12.2. The fraction of sp³-hybridized carbons (Fsp3) is 0.312. The van der Waals surface area contributed by atoms with E-state index in [2.05, 4.69) is 15.7 Å². The van der Waals surface area contributed by atoms with Crippen LogP contribution < -0.4 is 21.1 Å². The standard InChI is InChI=1S/C16H21N5O3/c1-9(12-8-21(3)20-10(12)2)18-16(23)19-13-7-11(15(17)22)5-6-14(13)24-4/h5-9H,1-4H3,(H2,17,22)(H2,18,19,23)/t9-/m1/s1. The Labute approximate surface area is 140 Å². The highest BCUT2D eigenvalue weighted by molar-refractivity contribution is 5.97. The Morgan fingerprint density at radius 2 is 2.08 bits per heavy atom. The van der Waals surface area contributed by atoms with Crippen LogP contribution in [0.3, 0.4) is 0 Å². The number of carbonyl (C=O) groups excluding carboxylic acids is 2. The van der Waals surface area contributed by atoms with Crippen molar-refractivity contribution in [3.05, 3.63) is 41.2 Å². The number of rotatable bonds is 5. The van der Waals surface area contributed by atoms with Crippen LogP contribution in [-0.2, 0) is 7.05 Å². The number of hydrogen-bond acceptors (Lipinski definition) is 4. The van der Waals surface area contributed by atoms with Crippen molar-refractivity contribution in [1.29, 1.82) is 0 Å². The van der Waals surface area contributed by atoms with Crippen LogP contribution in [0.25, 0.3) is 0 Å². The molecule has 24 heavy (non-hydrogen) atoms. The van der Waals surface area contributed by atoms with Gasteiger partial charge in [0, 0.05) is 24.4 Å². The number of aryl methyl sites for hydroxylation is 2. The largest absolute Gasteiger partial charge is 0.495 e. The van der Waals surface area contributed by atoms with Crippen LogP contribution in [0.2, 0.25) is 0 Å². The van der Waals surface area contributed by atoms with Crippen molar-refractivity contribution in [3.8, 4) is 5.75 Å². The molecule has 0 saturated carbocycles. The number of nitrogens with two attached hydrogens (primary N) is 1. The summed E-state index contributed by atoms with van der Waals surface area (Å²) in [6, 6.07) is 3.92. The molecule has 0 fully saturated rings. The number of primary amides is 1. The minimum absolute atomic E-state index is 0.232. The van der Waals surface area contributed by atoms with Crippen molar-refractivity contribution in [2.24, 2.45) is 12.8 Å². The first-order valence-corrected chi connectivity index (χ1v) is 7.37. The third-order valence-electron chi connectivity index (χ3n) is 3.60. The van der Waals surface area contributed by atoms with Gasteiger partial charge in [-0.1, -0.05) is 0 Å². The monoisotopic (exact) mass is 331 g/mol. The Hall–Kier alpha value is -3.03. The van der Waals surface area contributed by atoms with Gasteiger partial charge in [-0.05, 0) is 32.0 Å². The number of methoxy groups -OCH3 is 1. The Kier molecular flexibility index (Phi) is 5.08. The van der Waals surface area contributed by atoms with Crippen LogP contribution >= 0.6 is 0 Å². The lowest BCUT2D eigenvalue weighted by molar-refractivity contribution is 0.1000. The Balaban J connectivity index is 2.13. The van der Waals surface area contributed by atoms with Crippen molar-refractivity contribution >= 4 is 17.6 Å². The van der Waals surface area contributed by atoms with E-state index in [1.807, 2.05) is 27.1 Å². The number of carbonyl (C=O) groups is 2. The number of aromatic nitrogens is 2. The van der Waals surface area contributed by atoms with Gasteiger partial charge in [0.2, 0.25) is 5.91 Å². The topological polar surface area (TPSA) is 111 Å². The summed E-state index contributed by atoms with van der Waals surface area (Å²) in [7, 11) is 3.30. The molecule has 4 N–H and O–H groups in total. The molecule has 1 aromatic carbocycles. The average molecular weight is 331 g/mol. The van der Waals surface area contributed by atoms with Gasteiger partial charge in [-0.3, -0.25) is 9.48 Å². The maximum Gasteiger partial charge on any atom is 0.319 e. The van der Waals surface area contributed by atoms with Crippen LogP contribution in [0.15, 0.2) is 24.4 Å². The highest BCUT2D eigenvalue weighted by Crippen LogP contribution is 2.25. The Morgan fingerprint density at radius 1 is 1.38 bits per heavy atom. The van der Waals surface area contributed by atoms with Crippen LogP contribution in [0.5, 0.6) is 5.75 Å². The first kappa shape index (κ1) is 17.3. The lowest BCUT2D eigenvalue weighted by atomic mass is 10.1. The van der Waals surface area contributed by atoms with Crippen LogP contribution in [-0.4, -0.2) is 28.8 Å². The summed E-state index contributed by atoms with van der Waals surface area (Å²) in [5.74, 6) is -0.152. The van der Waals surface area contributed by atoms with Gasteiger partial charge in [-0.25, -0.2) is 4.79 Å². The van der Waals surface area contributed by atoms with Crippen molar-refractivity contribution in [2.45, 2.75) is 19.9 Å². The van der Waals surface area contributed by atoms with Gasteiger partial charge >= 0.3 is 6.03 Å². The fourth-order valence-corrected chi connectivity index (χ4v) is 2.43. The number of hydrogen-bond donors (Lipinski definition) is 3. The van der Waals surface area contributed by atoms with Crippen LogP contribution in [0.1, 0.15) is 34.6 Å². The summed E-state index contributed by atoms with van der Waals surface area (Å²) >= 11 is 0. The Bertz CT molecular complexity index is 769. The maximum atomic E-state index is 12.2. The second-order valence-corrected chi connectivity index (χ2v) is 5.44. The molecular weight excluding hydrogens is 310 g/mol. The third-order valence-corrected chi connectivity index (χ3v) is 3.60. The zero-order valence-electron chi connectivity index (χ0n) is 14.1. The van der Waals surface area contributed by atoms with Crippen molar-refractivity contribution < 1.29 is 14.3 Å². The van der Waals surface area contributed by atoms with Gasteiger partial charge in [0.05, 0.1) is 24.5 Å². The second-order valence-electron chi connectivity index (χ2n) is 5.44. The lowest BCUT2D eigenvalue weighted by Crippen LogP contribution is -2.31. The van der Waals surface area contributed by atoms with Crippen molar-refractivity contribution in [1.82, 2.24) is 15.1 Å². The molecule has 2 aromatic rings. The number of urea groups is 1. The SMILES string of the molecule is COc1ccc(C(N)=O)cc1NC(=O)N[C@H](C)c1cn(C)nc1C. The zero-order chi connectivity index (χ0) is 17.9. The van der Waals surface area contributed by atoms with E-state index in [0.29, 0.717) is 11.4 Å². The fourth-order valence-electron chi connectivity index (χ4n) is 2.43. The average Bonchev–Trinajstić information content (AvgIpc) is 2.85. The molecule has 0 aliphatic heterocycles. The molecule has 0 unspecified atom stereocenters. The molecule has 0 radical (unpaired) electrons. The van der Waals surface area contributed by atoms with E-state index >= 15 is 0 Å². The number of amides is 3. The molecule has 0 saturated heterocycles. The summed E-state index contributed by atoms with van der Waals surface area (Å²) in [5, 5.41) is 9.75. The number of nitrogens with one attached hydrogen (secondary N) is 2. The molecule has 0 aliphatic rings. The van der Waals surface area contributed by atoms with E-state index in [0.717, 1.165) is 11.3 Å². The predicted molar refractivity (Wildman–Crippen MR) is 90.0 cm³/mol. The minimum Gasteiger partial charge on any atom is -0.495 e. The van der Waals surface area contributed by atoms with Crippen molar-refractivity contribution in [3.63, 3.8) is 0 Å². The van der Waals surface area contributed by atoms with E-state index < -0.39 is 11.9 Å². The number of nitrogens with zero attached hydrogens (tertiary/aromatic N) is 2. The number of benzene rings is 1. The van der Waals surface area contributed by atoms with E-state index in [1.54, 1.807) is 10.7 Å². The van der Waals surface area contributed by atoms with Gasteiger partial charge in [-0.15, -0.1) is 0 Å². The van der Waals surface area contributed by atoms with Gasteiger partial charge in [0.25, 0.3) is 0 Å². The van der Waals surface area contributed by atoms with Crippen LogP contribution in [0.4, 0.5) is 10.5 Å².